The first-order chi connectivity index (χ1) is 9.16. The fraction of sp³-hybridized carbons (Fsp3) is 0.533. The Morgan fingerprint density at radius 2 is 1.95 bits per heavy atom. The van der Waals surface area contributed by atoms with Gasteiger partial charge in [-0.05, 0) is 38.9 Å². The van der Waals surface area contributed by atoms with Gasteiger partial charge in [0.2, 0.25) is 0 Å². The molecule has 1 heterocycles. The van der Waals surface area contributed by atoms with Crippen molar-refractivity contribution < 1.29 is 9.53 Å². The average Bonchev–Trinajstić information content (AvgIpc) is 2.69. The molecule has 0 bridgehead atoms. The van der Waals surface area contributed by atoms with E-state index in [9.17, 15) is 4.79 Å². The quantitative estimate of drug-likeness (QED) is 0.928. The number of benzene rings is 1. The smallest absolute Gasteiger partial charge is 0.263 e. The highest BCUT2D eigenvalue weighted by atomic mass is 35.5. The molecule has 5 heteroatoms. The topological polar surface area (TPSA) is 41.6 Å². The summed E-state index contributed by atoms with van der Waals surface area (Å²) in [5.74, 6) is 0.823. The maximum absolute atomic E-state index is 12.3. The minimum Gasteiger partial charge on any atom is -0.481 e. The van der Waals surface area contributed by atoms with Crippen LogP contribution in [0.1, 0.15) is 18.9 Å². The minimum absolute atomic E-state index is 0. The van der Waals surface area contributed by atoms with Crippen LogP contribution in [-0.4, -0.2) is 43.1 Å². The van der Waals surface area contributed by atoms with Crippen molar-refractivity contribution in [1.29, 1.82) is 0 Å². The van der Waals surface area contributed by atoms with E-state index in [-0.39, 0.29) is 18.3 Å². The Bertz CT molecular complexity index is 414. The largest absolute Gasteiger partial charge is 0.481 e. The van der Waals surface area contributed by atoms with E-state index in [1.807, 2.05) is 43.0 Å². The zero-order valence-electron chi connectivity index (χ0n) is 12.1. The lowest BCUT2D eigenvalue weighted by Crippen LogP contribution is -2.42. The van der Waals surface area contributed by atoms with Gasteiger partial charge in [-0.1, -0.05) is 17.7 Å². The standard InChI is InChI=1S/C15H22N2O2.ClH/c1-12-4-6-14(7-5-12)19-13(2)15(18)17-10-3-8-16-9-11-17;/h4-7,13,16H,3,8-11H2,1-2H3;1H. The summed E-state index contributed by atoms with van der Waals surface area (Å²) < 4.78 is 5.71. The van der Waals surface area contributed by atoms with Crippen LogP contribution in [0.15, 0.2) is 24.3 Å². The highest BCUT2D eigenvalue weighted by Gasteiger charge is 2.22. The van der Waals surface area contributed by atoms with Gasteiger partial charge in [0.15, 0.2) is 6.10 Å². The first kappa shape index (κ1) is 16.8. The van der Waals surface area contributed by atoms with E-state index < -0.39 is 6.10 Å². The molecule has 1 saturated heterocycles. The SMILES string of the molecule is Cc1ccc(OC(C)C(=O)N2CCCNCC2)cc1.Cl. The number of halogens is 1. The monoisotopic (exact) mass is 298 g/mol. The number of hydrogen-bond acceptors (Lipinski definition) is 3. The van der Waals surface area contributed by atoms with E-state index in [0.717, 1.165) is 38.3 Å². The van der Waals surface area contributed by atoms with E-state index >= 15 is 0 Å². The molecule has 1 unspecified atom stereocenters. The van der Waals surface area contributed by atoms with Crippen LogP contribution in [-0.2, 0) is 4.79 Å². The lowest BCUT2D eigenvalue weighted by Gasteiger charge is -2.24. The van der Waals surface area contributed by atoms with Gasteiger partial charge in [0.1, 0.15) is 5.75 Å². The van der Waals surface area contributed by atoms with Crippen LogP contribution < -0.4 is 10.1 Å². The van der Waals surface area contributed by atoms with E-state index in [4.69, 9.17) is 4.74 Å². The van der Waals surface area contributed by atoms with E-state index in [1.54, 1.807) is 0 Å². The van der Waals surface area contributed by atoms with Crippen LogP contribution >= 0.6 is 12.4 Å². The van der Waals surface area contributed by atoms with Crippen LogP contribution in [0.5, 0.6) is 5.75 Å². The summed E-state index contributed by atoms with van der Waals surface area (Å²) in [6, 6.07) is 7.79. The fourth-order valence-electron chi connectivity index (χ4n) is 2.19. The molecule has 0 spiro atoms. The molecule has 1 aliphatic heterocycles. The molecule has 1 aliphatic rings. The maximum atomic E-state index is 12.3. The molecular weight excluding hydrogens is 276 g/mol. The molecule has 0 saturated carbocycles. The third kappa shape index (κ3) is 4.69. The molecule has 0 radical (unpaired) electrons. The van der Waals surface area contributed by atoms with Crippen molar-refractivity contribution >= 4 is 18.3 Å². The van der Waals surface area contributed by atoms with Crippen molar-refractivity contribution in [2.75, 3.05) is 26.2 Å². The Balaban J connectivity index is 0.00000200. The molecule has 1 aromatic rings. The predicted octanol–water partition coefficient (Wildman–Crippen LogP) is 2.01. The first-order valence-corrected chi connectivity index (χ1v) is 6.89. The summed E-state index contributed by atoms with van der Waals surface area (Å²) in [5.41, 5.74) is 1.19. The zero-order chi connectivity index (χ0) is 13.7. The van der Waals surface area contributed by atoms with Gasteiger partial charge in [-0.15, -0.1) is 12.4 Å². The van der Waals surface area contributed by atoms with Crippen LogP contribution in [0, 0.1) is 6.92 Å². The van der Waals surface area contributed by atoms with Gasteiger partial charge in [0.25, 0.3) is 5.91 Å². The third-order valence-corrected chi connectivity index (χ3v) is 3.33. The van der Waals surface area contributed by atoms with Gasteiger partial charge in [0, 0.05) is 19.6 Å². The molecule has 2 rings (SSSR count). The Labute approximate surface area is 126 Å². The van der Waals surface area contributed by atoms with E-state index in [0.29, 0.717) is 0 Å². The van der Waals surface area contributed by atoms with Crippen LogP contribution in [0.2, 0.25) is 0 Å². The van der Waals surface area contributed by atoms with Gasteiger partial charge < -0.3 is 15.0 Å². The first-order valence-electron chi connectivity index (χ1n) is 6.89. The molecule has 0 aromatic heterocycles. The van der Waals surface area contributed by atoms with Gasteiger partial charge in [-0.3, -0.25) is 4.79 Å². The number of aryl methyl sites for hydroxylation is 1. The number of rotatable bonds is 3. The molecule has 4 nitrogen and oxygen atoms in total. The Kier molecular flexibility index (Phi) is 6.82. The van der Waals surface area contributed by atoms with Crippen molar-refractivity contribution in [2.45, 2.75) is 26.4 Å². The fourth-order valence-corrected chi connectivity index (χ4v) is 2.19. The minimum atomic E-state index is -0.430. The van der Waals surface area contributed by atoms with E-state index in [2.05, 4.69) is 5.32 Å². The third-order valence-electron chi connectivity index (χ3n) is 3.33. The Morgan fingerprint density at radius 3 is 2.65 bits per heavy atom. The zero-order valence-corrected chi connectivity index (χ0v) is 12.9. The summed E-state index contributed by atoms with van der Waals surface area (Å²) in [6.07, 6.45) is 0.573. The average molecular weight is 299 g/mol. The summed E-state index contributed by atoms with van der Waals surface area (Å²) >= 11 is 0. The molecule has 1 N–H and O–H groups in total. The second kappa shape index (κ2) is 8.12. The second-order valence-corrected chi connectivity index (χ2v) is 5.00. The summed E-state index contributed by atoms with van der Waals surface area (Å²) in [4.78, 5) is 14.2. The number of ether oxygens (including phenoxy) is 1. The maximum Gasteiger partial charge on any atom is 0.263 e. The van der Waals surface area contributed by atoms with Gasteiger partial charge >= 0.3 is 0 Å². The molecule has 0 aliphatic carbocycles. The second-order valence-electron chi connectivity index (χ2n) is 5.00. The van der Waals surface area contributed by atoms with Crippen LogP contribution in [0.3, 0.4) is 0 Å². The van der Waals surface area contributed by atoms with Gasteiger partial charge in [-0.2, -0.15) is 0 Å². The molecule has 1 fully saturated rings. The normalized spacial score (nSPS) is 16.8. The number of carbonyl (C=O) groups excluding carboxylic acids is 1. The number of nitrogens with zero attached hydrogens (tertiary/aromatic N) is 1. The van der Waals surface area contributed by atoms with Gasteiger partial charge in [0.05, 0.1) is 0 Å². The summed E-state index contributed by atoms with van der Waals surface area (Å²) in [5, 5.41) is 3.29. The summed E-state index contributed by atoms with van der Waals surface area (Å²) in [7, 11) is 0. The van der Waals surface area contributed by atoms with Crippen molar-refractivity contribution in [3.8, 4) is 5.75 Å². The predicted molar refractivity (Wildman–Crippen MR) is 82.6 cm³/mol. The molecule has 112 valence electrons. The number of amides is 1. The molecule has 1 atom stereocenters. The van der Waals surface area contributed by atoms with Crippen LogP contribution in [0.4, 0.5) is 0 Å². The summed E-state index contributed by atoms with van der Waals surface area (Å²) in [6.45, 7) is 7.27. The van der Waals surface area contributed by atoms with E-state index in [1.165, 1.54) is 5.56 Å². The molecule has 20 heavy (non-hydrogen) atoms. The van der Waals surface area contributed by atoms with Crippen molar-refractivity contribution in [3.63, 3.8) is 0 Å². The number of nitrogens with one attached hydrogen (secondary N) is 1. The molecule has 1 amide bonds. The lowest BCUT2D eigenvalue weighted by atomic mass is 10.2. The van der Waals surface area contributed by atoms with Crippen molar-refractivity contribution in [2.24, 2.45) is 0 Å². The molecule has 1 aromatic carbocycles. The number of carbonyl (C=O) groups is 1. The highest BCUT2D eigenvalue weighted by molar-refractivity contribution is 5.85. The highest BCUT2D eigenvalue weighted by Crippen LogP contribution is 2.14. The lowest BCUT2D eigenvalue weighted by molar-refractivity contribution is -0.137. The van der Waals surface area contributed by atoms with Crippen molar-refractivity contribution in [1.82, 2.24) is 10.2 Å². The van der Waals surface area contributed by atoms with Crippen LogP contribution in [0.25, 0.3) is 0 Å². The Morgan fingerprint density at radius 1 is 1.25 bits per heavy atom. The Hall–Kier alpha value is -1.26. The van der Waals surface area contributed by atoms with Gasteiger partial charge in [-0.25, -0.2) is 0 Å². The van der Waals surface area contributed by atoms with Crippen molar-refractivity contribution in [3.05, 3.63) is 29.8 Å². The number of hydrogen-bond donors (Lipinski definition) is 1. The molecular formula is C15H23ClN2O2.